The lowest BCUT2D eigenvalue weighted by Crippen LogP contribution is -2.49. The Bertz CT molecular complexity index is 702. The second-order valence-electron chi connectivity index (χ2n) is 6.03. The number of para-hydroxylation sites is 1. The fraction of sp³-hybridized carbons (Fsp3) is 0.412. The summed E-state index contributed by atoms with van der Waals surface area (Å²) < 4.78 is 0. The van der Waals surface area contributed by atoms with Gasteiger partial charge in [-0.15, -0.1) is 0 Å². The number of pyridine rings is 1. The van der Waals surface area contributed by atoms with Crippen LogP contribution >= 0.6 is 0 Å². The van der Waals surface area contributed by atoms with Crippen molar-refractivity contribution in [3.05, 3.63) is 36.4 Å². The van der Waals surface area contributed by atoms with Gasteiger partial charge in [-0.05, 0) is 31.0 Å². The highest BCUT2D eigenvalue weighted by Crippen LogP contribution is 2.24. The average molecular weight is 296 g/mol. The van der Waals surface area contributed by atoms with E-state index in [9.17, 15) is 4.79 Å². The Hall–Kier alpha value is -2.30. The topological polar surface area (TPSA) is 48.5 Å². The van der Waals surface area contributed by atoms with Gasteiger partial charge in [-0.1, -0.05) is 18.2 Å². The molecular weight excluding hydrogens is 276 g/mol. The Morgan fingerprint density at radius 1 is 1.14 bits per heavy atom. The molecule has 3 heterocycles. The number of fused-ring (bicyclic) bond motifs is 1. The molecule has 5 nitrogen and oxygen atoms in total. The summed E-state index contributed by atoms with van der Waals surface area (Å²) in [6, 6.07) is 12.8. The maximum Gasteiger partial charge on any atom is 0.317 e. The zero-order valence-electron chi connectivity index (χ0n) is 12.5. The van der Waals surface area contributed by atoms with E-state index in [1.165, 1.54) is 5.39 Å². The second kappa shape index (κ2) is 5.48. The van der Waals surface area contributed by atoms with Crippen LogP contribution in [0.5, 0.6) is 0 Å². The van der Waals surface area contributed by atoms with Crippen molar-refractivity contribution >= 4 is 22.8 Å². The van der Waals surface area contributed by atoms with Crippen molar-refractivity contribution < 1.29 is 4.79 Å². The molecule has 0 bridgehead atoms. The van der Waals surface area contributed by atoms with Gasteiger partial charge in [0.1, 0.15) is 5.82 Å². The summed E-state index contributed by atoms with van der Waals surface area (Å²) >= 11 is 0. The number of anilines is 1. The molecule has 2 amide bonds. The molecule has 5 heteroatoms. The molecule has 1 atom stereocenters. The van der Waals surface area contributed by atoms with E-state index in [4.69, 9.17) is 4.98 Å². The summed E-state index contributed by atoms with van der Waals surface area (Å²) in [5.74, 6) is 1.02. The lowest BCUT2D eigenvalue weighted by atomic mass is 10.0. The average Bonchev–Trinajstić information content (AvgIpc) is 3.00. The van der Waals surface area contributed by atoms with Crippen molar-refractivity contribution in [2.75, 3.05) is 31.1 Å². The van der Waals surface area contributed by atoms with Gasteiger partial charge in [-0.25, -0.2) is 9.78 Å². The largest absolute Gasteiger partial charge is 0.355 e. The summed E-state index contributed by atoms with van der Waals surface area (Å²) in [5.41, 5.74) is 1.03. The van der Waals surface area contributed by atoms with Crippen LogP contribution in [0.1, 0.15) is 12.8 Å². The highest BCUT2D eigenvalue weighted by atomic mass is 16.2. The predicted molar refractivity (Wildman–Crippen MR) is 87.1 cm³/mol. The third-order valence-electron chi connectivity index (χ3n) is 4.63. The number of nitrogens with one attached hydrogen (secondary N) is 1. The molecule has 0 radical (unpaired) electrons. The van der Waals surface area contributed by atoms with Gasteiger partial charge in [0.25, 0.3) is 0 Å². The van der Waals surface area contributed by atoms with E-state index in [-0.39, 0.29) is 6.03 Å². The number of rotatable bonds is 2. The molecule has 0 saturated carbocycles. The minimum Gasteiger partial charge on any atom is -0.355 e. The van der Waals surface area contributed by atoms with Gasteiger partial charge in [0.2, 0.25) is 0 Å². The van der Waals surface area contributed by atoms with Gasteiger partial charge < -0.3 is 15.1 Å². The lowest BCUT2D eigenvalue weighted by Gasteiger charge is -2.37. The number of carbonyl (C=O) groups excluding carboxylic acids is 1. The second-order valence-corrected chi connectivity index (χ2v) is 6.03. The normalized spacial score (nSPS) is 22.2. The first-order valence-electron chi connectivity index (χ1n) is 7.96. The van der Waals surface area contributed by atoms with Crippen LogP contribution in [0.25, 0.3) is 10.9 Å². The van der Waals surface area contributed by atoms with Crippen molar-refractivity contribution in [2.45, 2.75) is 18.9 Å². The maximum atomic E-state index is 11.9. The van der Waals surface area contributed by atoms with Gasteiger partial charge >= 0.3 is 6.03 Å². The number of benzene rings is 1. The molecule has 2 saturated heterocycles. The molecule has 1 aromatic heterocycles. The molecule has 2 aliphatic rings. The molecule has 2 aromatic rings. The molecule has 2 fully saturated rings. The van der Waals surface area contributed by atoms with E-state index in [2.05, 4.69) is 28.4 Å². The monoisotopic (exact) mass is 296 g/mol. The quantitative estimate of drug-likeness (QED) is 0.924. The van der Waals surface area contributed by atoms with Crippen molar-refractivity contribution in [1.29, 1.82) is 0 Å². The molecule has 114 valence electrons. The van der Waals surface area contributed by atoms with Crippen LogP contribution in [0.2, 0.25) is 0 Å². The zero-order valence-corrected chi connectivity index (χ0v) is 12.5. The van der Waals surface area contributed by atoms with E-state index >= 15 is 0 Å². The fourth-order valence-corrected chi connectivity index (χ4v) is 3.48. The van der Waals surface area contributed by atoms with Gasteiger partial charge in [0.05, 0.1) is 11.6 Å². The number of hydrogen-bond acceptors (Lipinski definition) is 3. The molecule has 1 unspecified atom stereocenters. The van der Waals surface area contributed by atoms with Gasteiger partial charge in [-0.3, -0.25) is 0 Å². The van der Waals surface area contributed by atoms with Crippen LogP contribution in [-0.2, 0) is 0 Å². The number of carbonyl (C=O) groups is 1. The standard InChI is InChI=1S/C17H20N4O/c22-17-18-9-11-21(17)14-5-3-10-20(12-14)16-8-7-13-4-1-2-6-15(13)19-16/h1-2,4,6-8,14H,3,5,9-12H2,(H,18,22). The first kappa shape index (κ1) is 13.4. The Morgan fingerprint density at radius 3 is 2.91 bits per heavy atom. The third-order valence-corrected chi connectivity index (χ3v) is 4.63. The molecular formula is C17H20N4O. The van der Waals surface area contributed by atoms with Gasteiger partial charge in [-0.2, -0.15) is 0 Å². The smallest absolute Gasteiger partial charge is 0.317 e. The highest BCUT2D eigenvalue weighted by Gasteiger charge is 2.31. The summed E-state index contributed by atoms with van der Waals surface area (Å²) in [5, 5.41) is 4.06. The highest BCUT2D eigenvalue weighted by molar-refractivity contribution is 5.80. The van der Waals surface area contributed by atoms with E-state index in [1.807, 2.05) is 23.1 Å². The molecule has 4 rings (SSSR count). The van der Waals surface area contributed by atoms with Crippen LogP contribution in [0.3, 0.4) is 0 Å². The number of hydrogen-bond donors (Lipinski definition) is 1. The summed E-state index contributed by atoms with van der Waals surface area (Å²) in [6.07, 6.45) is 2.18. The van der Waals surface area contributed by atoms with Crippen LogP contribution in [-0.4, -0.2) is 48.1 Å². The van der Waals surface area contributed by atoms with Crippen molar-refractivity contribution in [3.63, 3.8) is 0 Å². The number of piperidine rings is 1. The summed E-state index contributed by atoms with van der Waals surface area (Å²) in [6.45, 7) is 3.47. The third kappa shape index (κ3) is 2.36. The molecule has 1 aromatic carbocycles. The first-order valence-corrected chi connectivity index (χ1v) is 7.96. The number of aromatic nitrogens is 1. The zero-order chi connectivity index (χ0) is 14.9. The summed E-state index contributed by atoms with van der Waals surface area (Å²) in [4.78, 5) is 20.9. The van der Waals surface area contributed by atoms with Crippen LogP contribution in [0.4, 0.5) is 10.6 Å². The Kier molecular flexibility index (Phi) is 3.33. The van der Waals surface area contributed by atoms with Gasteiger partial charge in [0, 0.05) is 31.6 Å². The summed E-state index contributed by atoms with van der Waals surface area (Å²) in [7, 11) is 0. The van der Waals surface area contributed by atoms with Crippen LogP contribution in [0, 0.1) is 0 Å². The van der Waals surface area contributed by atoms with Crippen LogP contribution < -0.4 is 10.2 Å². The van der Waals surface area contributed by atoms with Gasteiger partial charge in [0.15, 0.2) is 0 Å². The van der Waals surface area contributed by atoms with Crippen molar-refractivity contribution in [2.24, 2.45) is 0 Å². The van der Waals surface area contributed by atoms with E-state index in [0.29, 0.717) is 6.04 Å². The predicted octanol–water partition coefficient (Wildman–Crippen LogP) is 2.23. The molecule has 0 spiro atoms. The van der Waals surface area contributed by atoms with E-state index < -0.39 is 0 Å². The molecule has 0 aliphatic carbocycles. The minimum atomic E-state index is 0.0818. The Balaban J connectivity index is 1.56. The Labute approximate surface area is 129 Å². The maximum absolute atomic E-state index is 11.9. The molecule has 22 heavy (non-hydrogen) atoms. The van der Waals surface area contributed by atoms with Crippen LogP contribution in [0.15, 0.2) is 36.4 Å². The lowest BCUT2D eigenvalue weighted by molar-refractivity contribution is 0.189. The number of nitrogens with zero attached hydrogens (tertiary/aromatic N) is 3. The first-order chi connectivity index (χ1) is 10.8. The minimum absolute atomic E-state index is 0.0818. The number of amides is 2. The SMILES string of the molecule is O=C1NCCN1C1CCCN(c2ccc3ccccc3n2)C1. The van der Waals surface area contributed by atoms with E-state index in [1.54, 1.807) is 0 Å². The van der Waals surface area contributed by atoms with Crippen molar-refractivity contribution in [1.82, 2.24) is 15.2 Å². The number of urea groups is 1. The Morgan fingerprint density at radius 2 is 2.05 bits per heavy atom. The van der Waals surface area contributed by atoms with Crippen molar-refractivity contribution in [3.8, 4) is 0 Å². The fourth-order valence-electron chi connectivity index (χ4n) is 3.48. The van der Waals surface area contributed by atoms with E-state index in [0.717, 1.165) is 50.4 Å². The molecule has 2 aliphatic heterocycles. The molecule has 1 N–H and O–H groups in total.